The largest absolute Gasteiger partial charge is 0.326 e. The summed E-state index contributed by atoms with van der Waals surface area (Å²) in [6.07, 6.45) is 2.32. The molecule has 1 aliphatic heterocycles. The van der Waals surface area contributed by atoms with Gasteiger partial charge in [-0.15, -0.1) is 0 Å². The second-order valence-electron chi connectivity index (χ2n) is 7.23. The Morgan fingerprint density at radius 3 is 2.28 bits per heavy atom. The summed E-state index contributed by atoms with van der Waals surface area (Å²) in [6.45, 7) is 0.726. The number of carbonyl (C=O) groups is 1. The third kappa shape index (κ3) is 6.44. The van der Waals surface area contributed by atoms with Crippen LogP contribution in [0.4, 0.5) is 5.69 Å². The number of nitrogens with zero attached hydrogens (tertiary/aromatic N) is 1. The molecule has 0 spiro atoms. The lowest BCUT2D eigenvalue weighted by Gasteiger charge is -2.30. The van der Waals surface area contributed by atoms with Crippen LogP contribution in [0.3, 0.4) is 0 Å². The van der Waals surface area contributed by atoms with Gasteiger partial charge in [0.2, 0.25) is 15.9 Å². The number of benzene rings is 2. The van der Waals surface area contributed by atoms with E-state index < -0.39 is 10.0 Å². The van der Waals surface area contributed by atoms with Crippen molar-refractivity contribution in [1.29, 1.82) is 0 Å². The van der Waals surface area contributed by atoms with Gasteiger partial charge in [-0.2, -0.15) is 0 Å². The number of aryl methyl sites for hydroxylation is 1. The molecule has 1 saturated heterocycles. The van der Waals surface area contributed by atoms with Crippen LogP contribution in [0.15, 0.2) is 48.5 Å². The van der Waals surface area contributed by atoms with Crippen molar-refractivity contribution in [2.24, 2.45) is 5.92 Å². The molecule has 2 aromatic rings. The summed E-state index contributed by atoms with van der Waals surface area (Å²) in [4.78, 5) is 12.5. The summed E-state index contributed by atoms with van der Waals surface area (Å²) in [5, 5.41) is 3.72. The maximum atomic E-state index is 12.6. The molecular formula is C21H24Cl2N2O3S. The predicted octanol–water partition coefficient (Wildman–Crippen LogP) is 4.61. The predicted molar refractivity (Wildman–Crippen MR) is 118 cm³/mol. The summed E-state index contributed by atoms with van der Waals surface area (Å²) in [5.41, 5.74) is 1.68. The first-order valence-corrected chi connectivity index (χ1v) is 12.0. The van der Waals surface area contributed by atoms with Gasteiger partial charge in [0.25, 0.3) is 0 Å². The zero-order valence-corrected chi connectivity index (χ0v) is 18.3. The van der Waals surface area contributed by atoms with E-state index in [-0.39, 0.29) is 17.6 Å². The standard InChI is InChI=1S/C21H24Cl2N2O3S/c22-18-13-19(23)15-20(14-18)24-21(26)17-8-10-25(11-9-17)29(27,28)12-4-7-16-5-2-1-3-6-16/h1-3,5-6,13-15,17H,4,7-12H2,(H,24,26). The average Bonchev–Trinajstić information content (AvgIpc) is 2.68. The Labute approximate surface area is 182 Å². The van der Waals surface area contributed by atoms with Crippen molar-refractivity contribution in [3.8, 4) is 0 Å². The molecule has 3 rings (SSSR count). The van der Waals surface area contributed by atoms with Crippen molar-refractivity contribution in [2.75, 3.05) is 24.2 Å². The molecule has 1 N–H and O–H groups in total. The van der Waals surface area contributed by atoms with Crippen molar-refractivity contribution in [3.05, 3.63) is 64.1 Å². The molecule has 1 heterocycles. The number of sulfonamides is 1. The lowest BCUT2D eigenvalue weighted by molar-refractivity contribution is -0.120. The number of hydrogen-bond acceptors (Lipinski definition) is 3. The van der Waals surface area contributed by atoms with Crippen LogP contribution in [-0.2, 0) is 21.2 Å². The van der Waals surface area contributed by atoms with Gasteiger partial charge in [0.1, 0.15) is 0 Å². The Bertz CT molecular complexity index is 923. The number of nitrogens with one attached hydrogen (secondary N) is 1. The van der Waals surface area contributed by atoms with Gasteiger partial charge < -0.3 is 5.32 Å². The van der Waals surface area contributed by atoms with Crippen LogP contribution in [0.1, 0.15) is 24.8 Å². The quantitative estimate of drug-likeness (QED) is 0.663. The van der Waals surface area contributed by atoms with Crippen LogP contribution < -0.4 is 5.32 Å². The summed E-state index contributed by atoms with van der Waals surface area (Å²) < 4.78 is 26.7. The lowest BCUT2D eigenvalue weighted by atomic mass is 9.97. The highest BCUT2D eigenvalue weighted by Crippen LogP contribution is 2.25. The summed E-state index contributed by atoms with van der Waals surface area (Å²) in [5.74, 6) is -0.243. The fraction of sp³-hybridized carbons (Fsp3) is 0.381. The highest BCUT2D eigenvalue weighted by molar-refractivity contribution is 7.89. The lowest BCUT2D eigenvalue weighted by Crippen LogP contribution is -2.42. The van der Waals surface area contributed by atoms with E-state index in [1.165, 1.54) is 4.31 Å². The Hall–Kier alpha value is -1.60. The Morgan fingerprint density at radius 2 is 1.66 bits per heavy atom. The SMILES string of the molecule is O=C(Nc1cc(Cl)cc(Cl)c1)C1CCN(S(=O)(=O)CCCc2ccccc2)CC1. The molecule has 1 amide bonds. The second-order valence-corrected chi connectivity index (χ2v) is 10.2. The van der Waals surface area contributed by atoms with E-state index in [1.807, 2.05) is 30.3 Å². The number of piperidine rings is 1. The maximum Gasteiger partial charge on any atom is 0.227 e. The Morgan fingerprint density at radius 1 is 1.03 bits per heavy atom. The van der Waals surface area contributed by atoms with Crippen LogP contribution in [0.2, 0.25) is 10.0 Å². The molecule has 156 valence electrons. The minimum absolute atomic E-state index is 0.125. The molecule has 2 aromatic carbocycles. The minimum atomic E-state index is -3.31. The van der Waals surface area contributed by atoms with Gasteiger partial charge in [0.15, 0.2) is 0 Å². The zero-order valence-electron chi connectivity index (χ0n) is 16.0. The van der Waals surface area contributed by atoms with E-state index in [2.05, 4.69) is 5.32 Å². The molecule has 0 bridgehead atoms. The van der Waals surface area contributed by atoms with Gasteiger partial charge in [-0.25, -0.2) is 12.7 Å². The number of carbonyl (C=O) groups excluding carboxylic acids is 1. The fourth-order valence-corrected chi connectivity index (χ4v) is 5.56. The van der Waals surface area contributed by atoms with Gasteiger partial charge in [0.05, 0.1) is 5.75 Å². The smallest absolute Gasteiger partial charge is 0.227 e. The summed E-state index contributed by atoms with van der Waals surface area (Å²) in [7, 11) is -3.31. The van der Waals surface area contributed by atoms with Crippen molar-refractivity contribution >= 4 is 44.8 Å². The summed E-state index contributed by atoms with van der Waals surface area (Å²) >= 11 is 11.9. The normalized spacial score (nSPS) is 15.9. The highest BCUT2D eigenvalue weighted by atomic mass is 35.5. The molecule has 0 aliphatic carbocycles. The van der Waals surface area contributed by atoms with Crippen LogP contribution in [-0.4, -0.2) is 37.5 Å². The van der Waals surface area contributed by atoms with E-state index in [9.17, 15) is 13.2 Å². The number of rotatable bonds is 7. The number of anilines is 1. The van der Waals surface area contributed by atoms with Gasteiger partial charge >= 0.3 is 0 Å². The molecule has 8 heteroatoms. The average molecular weight is 455 g/mol. The highest BCUT2D eigenvalue weighted by Gasteiger charge is 2.30. The van der Waals surface area contributed by atoms with Crippen molar-refractivity contribution in [1.82, 2.24) is 4.31 Å². The zero-order chi connectivity index (χ0) is 20.9. The van der Waals surface area contributed by atoms with Crippen molar-refractivity contribution < 1.29 is 13.2 Å². The Kier molecular flexibility index (Phi) is 7.57. The summed E-state index contributed by atoms with van der Waals surface area (Å²) in [6, 6.07) is 14.7. The van der Waals surface area contributed by atoms with E-state index in [0.717, 1.165) is 12.0 Å². The number of halogens is 2. The third-order valence-electron chi connectivity index (χ3n) is 5.06. The van der Waals surface area contributed by atoms with Gasteiger partial charge in [-0.05, 0) is 49.4 Å². The van der Waals surface area contributed by atoms with Crippen LogP contribution >= 0.6 is 23.2 Å². The van der Waals surface area contributed by atoms with Crippen LogP contribution in [0, 0.1) is 5.92 Å². The van der Waals surface area contributed by atoms with Crippen molar-refractivity contribution in [2.45, 2.75) is 25.7 Å². The number of hydrogen-bond donors (Lipinski definition) is 1. The molecule has 5 nitrogen and oxygen atoms in total. The fourth-order valence-electron chi connectivity index (χ4n) is 3.50. The van der Waals surface area contributed by atoms with Gasteiger partial charge in [-0.3, -0.25) is 4.79 Å². The molecule has 0 saturated carbocycles. The third-order valence-corrected chi connectivity index (χ3v) is 7.45. The maximum absolute atomic E-state index is 12.6. The molecule has 29 heavy (non-hydrogen) atoms. The monoisotopic (exact) mass is 454 g/mol. The van der Waals surface area contributed by atoms with Crippen molar-refractivity contribution in [3.63, 3.8) is 0 Å². The molecule has 0 radical (unpaired) electrons. The van der Waals surface area contributed by atoms with E-state index in [4.69, 9.17) is 23.2 Å². The first-order valence-electron chi connectivity index (χ1n) is 9.62. The van der Waals surface area contributed by atoms with E-state index in [1.54, 1.807) is 18.2 Å². The van der Waals surface area contributed by atoms with Crippen LogP contribution in [0.25, 0.3) is 0 Å². The molecular weight excluding hydrogens is 431 g/mol. The first-order chi connectivity index (χ1) is 13.8. The molecule has 1 aliphatic rings. The van der Waals surface area contributed by atoms with E-state index >= 15 is 0 Å². The molecule has 0 aromatic heterocycles. The topological polar surface area (TPSA) is 66.5 Å². The minimum Gasteiger partial charge on any atom is -0.326 e. The number of amides is 1. The molecule has 1 fully saturated rings. The van der Waals surface area contributed by atoms with Gasteiger partial charge in [0, 0.05) is 34.7 Å². The van der Waals surface area contributed by atoms with E-state index in [0.29, 0.717) is 48.1 Å². The molecule has 0 atom stereocenters. The second kappa shape index (κ2) is 9.94. The van der Waals surface area contributed by atoms with Crippen LogP contribution in [0.5, 0.6) is 0 Å². The molecule has 0 unspecified atom stereocenters. The Balaban J connectivity index is 1.48. The van der Waals surface area contributed by atoms with Gasteiger partial charge in [-0.1, -0.05) is 53.5 Å². The first kappa shape index (κ1) is 22.1.